The van der Waals surface area contributed by atoms with Crippen LogP contribution in [-0.4, -0.2) is 42.5 Å². The van der Waals surface area contributed by atoms with Gasteiger partial charge in [0.25, 0.3) is 0 Å². The molecule has 1 N–H and O–H groups in total. The van der Waals surface area contributed by atoms with Crippen LogP contribution >= 0.6 is 0 Å². The lowest BCUT2D eigenvalue weighted by Crippen LogP contribution is -2.41. The van der Waals surface area contributed by atoms with Crippen LogP contribution in [0.4, 0.5) is 0 Å². The van der Waals surface area contributed by atoms with Gasteiger partial charge in [-0.25, -0.2) is 0 Å². The molecule has 0 radical (unpaired) electrons. The number of carboxylic acids is 1. The van der Waals surface area contributed by atoms with Gasteiger partial charge >= 0.3 is 16.1 Å². The van der Waals surface area contributed by atoms with Gasteiger partial charge in [-0.15, -0.1) is 0 Å². The first-order valence-corrected chi connectivity index (χ1v) is 13.7. The van der Waals surface area contributed by atoms with Gasteiger partial charge < -0.3 is 14.2 Å². The average Bonchev–Trinajstić information content (AvgIpc) is 2.85. The van der Waals surface area contributed by atoms with E-state index in [1.54, 1.807) is 29.2 Å². The molecule has 5 rings (SSSR count). The molecule has 0 atom stereocenters. The fourth-order valence-corrected chi connectivity index (χ4v) is 6.40. The van der Waals surface area contributed by atoms with Gasteiger partial charge in [0.05, 0.1) is 0 Å². The minimum absolute atomic E-state index is 0.0400. The first kappa shape index (κ1) is 25.0. The van der Waals surface area contributed by atoms with Crippen molar-refractivity contribution in [3.05, 3.63) is 82.2 Å². The smallest absolute Gasteiger partial charge is 0.339 e. The minimum Gasteiger partial charge on any atom is -0.480 e. The predicted octanol–water partition coefficient (Wildman–Crippen LogP) is 4.26. The third kappa shape index (κ3) is 4.71. The molecule has 0 saturated heterocycles. The van der Waals surface area contributed by atoms with Crippen molar-refractivity contribution in [2.24, 2.45) is 0 Å². The van der Waals surface area contributed by atoms with E-state index in [1.165, 1.54) is 24.3 Å². The summed E-state index contributed by atoms with van der Waals surface area (Å²) in [6.45, 7) is 1.56. The van der Waals surface area contributed by atoms with E-state index in [-0.39, 0.29) is 28.8 Å². The highest BCUT2D eigenvalue weighted by atomic mass is 32.2. The first-order valence-electron chi connectivity index (χ1n) is 12.3. The van der Waals surface area contributed by atoms with Gasteiger partial charge in [-0.1, -0.05) is 29.8 Å². The van der Waals surface area contributed by atoms with Crippen LogP contribution < -0.4 is 4.18 Å². The summed E-state index contributed by atoms with van der Waals surface area (Å²) in [5.41, 5.74) is 3.90. The van der Waals surface area contributed by atoms with E-state index in [2.05, 4.69) is 0 Å². The highest BCUT2D eigenvalue weighted by Crippen LogP contribution is 2.49. The SMILES string of the molecule is Cc1ccc(S(=O)(=O)Oc2ccc(C3C4=C(CCCC4=O)N(CC(=O)O)C4=C3C(=O)CCC4)cc2)cc1. The molecular weight excluding hydrogens is 494 g/mol. The zero-order chi connectivity index (χ0) is 26.3. The molecule has 37 heavy (non-hydrogen) atoms. The van der Waals surface area contributed by atoms with Gasteiger partial charge in [0, 0.05) is 41.3 Å². The second-order valence-electron chi connectivity index (χ2n) is 9.61. The molecule has 0 bridgehead atoms. The van der Waals surface area contributed by atoms with E-state index in [4.69, 9.17) is 4.18 Å². The number of hydrogen-bond acceptors (Lipinski definition) is 7. The Morgan fingerprint density at radius 2 is 1.43 bits per heavy atom. The average molecular weight is 522 g/mol. The van der Waals surface area contributed by atoms with Crippen molar-refractivity contribution < 1.29 is 32.1 Å². The quantitative estimate of drug-likeness (QED) is 0.560. The van der Waals surface area contributed by atoms with Gasteiger partial charge in [0.1, 0.15) is 17.2 Å². The molecule has 2 aromatic rings. The topological polar surface area (TPSA) is 118 Å². The van der Waals surface area contributed by atoms with E-state index >= 15 is 0 Å². The highest BCUT2D eigenvalue weighted by Gasteiger charge is 2.43. The maximum Gasteiger partial charge on any atom is 0.339 e. The summed E-state index contributed by atoms with van der Waals surface area (Å²) < 4.78 is 30.7. The molecule has 3 aliphatic rings. The highest BCUT2D eigenvalue weighted by molar-refractivity contribution is 7.87. The van der Waals surface area contributed by atoms with Gasteiger partial charge in [0.15, 0.2) is 11.6 Å². The van der Waals surface area contributed by atoms with Gasteiger partial charge in [0.2, 0.25) is 0 Å². The standard InChI is InChI=1S/C28H27NO7S/c1-17-8-14-20(15-9-17)37(34,35)36-19-12-10-18(11-13-19)26-27-21(4-2-6-23(27)30)29(16-25(32)33)22-5-3-7-24(31)28(22)26/h8-15,26H,2-7,16H2,1H3,(H,32,33). The van der Waals surface area contributed by atoms with Crippen LogP contribution in [0.3, 0.4) is 0 Å². The molecule has 0 fully saturated rings. The lowest BCUT2D eigenvalue weighted by molar-refractivity contribution is -0.138. The van der Waals surface area contributed by atoms with Crippen LogP contribution in [0.25, 0.3) is 0 Å². The van der Waals surface area contributed by atoms with Crippen LogP contribution in [0.5, 0.6) is 5.75 Å². The number of nitrogens with zero attached hydrogens (tertiary/aromatic N) is 1. The van der Waals surface area contributed by atoms with Crippen LogP contribution in [0, 0.1) is 6.92 Å². The van der Waals surface area contributed by atoms with Crippen molar-refractivity contribution in [3.8, 4) is 5.75 Å². The number of carbonyl (C=O) groups is 3. The number of carboxylic acid groups (broad SMARTS) is 1. The third-order valence-corrected chi connectivity index (χ3v) is 8.37. The minimum atomic E-state index is -4.03. The fraction of sp³-hybridized carbons (Fsp3) is 0.321. The number of aliphatic carboxylic acids is 1. The molecule has 0 unspecified atom stereocenters. The summed E-state index contributed by atoms with van der Waals surface area (Å²) in [4.78, 5) is 39.8. The lowest BCUT2D eigenvalue weighted by Gasteiger charge is -2.43. The largest absolute Gasteiger partial charge is 0.480 e. The molecule has 8 nitrogen and oxygen atoms in total. The molecule has 1 heterocycles. The Kier molecular flexibility index (Phi) is 6.49. The molecule has 0 spiro atoms. The number of allylic oxidation sites excluding steroid dienone is 4. The summed E-state index contributed by atoms with van der Waals surface area (Å²) in [6, 6.07) is 12.7. The van der Waals surface area contributed by atoms with E-state index in [0.717, 1.165) is 5.56 Å². The van der Waals surface area contributed by atoms with Crippen molar-refractivity contribution in [1.29, 1.82) is 0 Å². The maximum atomic E-state index is 13.2. The van der Waals surface area contributed by atoms with Crippen molar-refractivity contribution >= 4 is 27.7 Å². The molecular formula is C28H27NO7S. The Bertz CT molecular complexity index is 1410. The Balaban J connectivity index is 1.54. The third-order valence-electron chi connectivity index (χ3n) is 7.11. The van der Waals surface area contributed by atoms with Crippen LogP contribution in [0.15, 0.2) is 76.0 Å². The second-order valence-corrected chi connectivity index (χ2v) is 11.2. The summed E-state index contributed by atoms with van der Waals surface area (Å²) in [5.74, 6) is -1.70. The Morgan fingerprint density at radius 3 is 1.95 bits per heavy atom. The van der Waals surface area contributed by atoms with Crippen LogP contribution in [0.2, 0.25) is 0 Å². The van der Waals surface area contributed by atoms with Crippen molar-refractivity contribution in [2.75, 3.05) is 6.54 Å². The molecule has 2 aliphatic carbocycles. The van der Waals surface area contributed by atoms with E-state index in [0.29, 0.717) is 66.6 Å². The number of aryl methyl sites for hydroxylation is 1. The van der Waals surface area contributed by atoms with Gasteiger partial charge in [-0.05, 0) is 62.4 Å². The Morgan fingerprint density at radius 1 is 0.892 bits per heavy atom. The van der Waals surface area contributed by atoms with Crippen molar-refractivity contribution in [2.45, 2.75) is 56.3 Å². The van der Waals surface area contributed by atoms with E-state index < -0.39 is 22.0 Å². The molecule has 9 heteroatoms. The zero-order valence-electron chi connectivity index (χ0n) is 20.4. The number of ketones is 2. The number of Topliss-reactive ketones (excluding diaryl/α,β-unsaturated/α-hetero) is 2. The van der Waals surface area contributed by atoms with Crippen molar-refractivity contribution in [3.63, 3.8) is 0 Å². The van der Waals surface area contributed by atoms with Crippen LogP contribution in [-0.2, 0) is 24.5 Å². The van der Waals surface area contributed by atoms with Crippen LogP contribution in [0.1, 0.15) is 55.6 Å². The predicted molar refractivity (Wildman–Crippen MR) is 134 cm³/mol. The first-order chi connectivity index (χ1) is 17.7. The normalized spacial score (nSPS) is 18.6. The Labute approximate surface area is 215 Å². The van der Waals surface area contributed by atoms with E-state index in [1.807, 2.05) is 6.92 Å². The monoisotopic (exact) mass is 521 g/mol. The number of rotatable bonds is 6. The van der Waals surface area contributed by atoms with Crippen molar-refractivity contribution in [1.82, 2.24) is 4.90 Å². The number of hydrogen-bond donors (Lipinski definition) is 1. The summed E-state index contributed by atoms with van der Waals surface area (Å²) >= 11 is 0. The Hall–Kier alpha value is -3.72. The molecule has 0 aromatic heterocycles. The molecule has 1 aliphatic heterocycles. The molecule has 0 amide bonds. The number of benzene rings is 2. The second kappa shape index (κ2) is 9.63. The molecule has 0 saturated carbocycles. The zero-order valence-corrected chi connectivity index (χ0v) is 21.2. The molecule has 192 valence electrons. The summed E-state index contributed by atoms with van der Waals surface area (Å²) in [5, 5.41) is 9.56. The van der Waals surface area contributed by atoms with Gasteiger partial charge in [-0.3, -0.25) is 14.4 Å². The maximum absolute atomic E-state index is 13.2. The summed E-state index contributed by atoms with van der Waals surface area (Å²) in [7, 11) is -4.03. The number of carbonyl (C=O) groups excluding carboxylic acids is 2. The van der Waals surface area contributed by atoms with E-state index in [9.17, 15) is 27.9 Å². The fourth-order valence-electron chi connectivity index (χ4n) is 5.47. The lowest BCUT2D eigenvalue weighted by atomic mass is 9.71. The summed E-state index contributed by atoms with van der Waals surface area (Å²) in [6.07, 6.45) is 3.05. The molecule has 2 aromatic carbocycles. The van der Waals surface area contributed by atoms with Gasteiger partial charge in [-0.2, -0.15) is 8.42 Å².